The van der Waals surface area contributed by atoms with Gasteiger partial charge in [-0.1, -0.05) is 12.2 Å². The molecule has 0 saturated carbocycles. The minimum absolute atomic E-state index is 0.0537. The third kappa shape index (κ3) is 7.85. The van der Waals surface area contributed by atoms with E-state index in [1.807, 2.05) is 4.98 Å². The first-order valence-electron chi connectivity index (χ1n) is 8.57. The molecule has 18 nitrogen and oxygen atoms in total. The van der Waals surface area contributed by atoms with E-state index < -0.39 is 65.9 Å². The van der Waals surface area contributed by atoms with Crippen LogP contribution in [-0.2, 0) is 31.6 Å². The van der Waals surface area contributed by atoms with Gasteiger partial charge in [0.25, 0.3) is 5.56 Å². The number of nitrogens with two attached hydrogens (primary N) is 1. The lowest BCUT2D eigenvalue weighted by molar-refractivity contribution is -0.0542. The molecule has 0 spiro atoms. The standard InChI is InChI=1S/C12H20N3O15P3/c13-3-1-2-6-4-15(12(19)14-10(6)18)11-9(17)8(16)7(28-11)5-27-32(23,24)30-33(25,26)29-31(20,21)22/h1-2,4,7-9,11,16-17H,3,5,13H2,(H,23,24)(H,25,26)(H,14,18,19)(H2,20,21,22)/b2-1+. The van der Waals surface area contributed by atoms with Crippen molar-refractivity contribution in [3.05, 3.63) is 38.7 Å². The van der Waals surface area contributed by atoms with Crippen LogP contribution in [0.3, 0.4) is 0 Å². The monoisotopic (exact) mass is 539 g/mol. The van der Waals surface area contributed by atoms with Gasteiger partial charge in [0.2, 0.25) is 0 Å². The number of phosphoric ester groups is 1. The van der Waals surface area contributed by atoms with Crippen LogP contribution in [-0.4, -0.2) is 70.8 Å². The molecule has 1 aromatic rings. The average Bonchev–Trinajstić information content (AvgIpc) is 2.91. The van der Waals surface area contributed by atoms with Crippen molar-refractivity contribution in [3.8, 4) is 0 Å². The van der Waals surface area contributed by atoms with E-state index in [0.29, 0.717) is 0 Å². The number of nitrogens with one attached hydrogen (secondary N) is 1. The van der Waals surface area contributed by atoms with Crippen molar-refractivity contribution in [3.63, 3.8) is 0 Å². The van der Waals surface area contributed by atoms with Crippen LogP contribution >= 0.6 is 23.5 Å². The normalized spacial score (nSPS) is 27.5. The molecule has 2 heterocycles. The molecule has 1 saturated heterocycles. The van der Waals surface area contributed by atoms with Crippen LogP contribution in [0, 0.1) is 0 Å². The fraction of sp³-hybridized carbons (Fsp3) is 0.500. The number of phosphoric acid groups is 3. The van der Waals surface area contributed by atoms with E-state index in [0.717, 1.165) is 10.8 Å². The van der Waals surface area contributed by atoms with Crippen molar-refractivity contribution < 1.29 is 61.4 Å². The topological polar surface area (TPSA) is 290 Å². The third-order valence-electron chi connectivity index (χ3n) is 3.86. The van der Waals surface area contributed by atoms with E-state index in [4.69, 9.17) is 25.2 Å². The number of ether oxygens (including phenoxy) is 1. The summed E-state index contributed by atoms with van der Waals surface area (Å²) < 4.78 is 51.1. The zero-order chi connectivity index (χ0) is 25.2. The number of H-pyrrole nitrogens is 1. The van der Waals surface area contributed by atoms with Gasteiger partial charge >= 0.3 is 29.2 Å². The van der Waals surface area contributed by atoms with E-state index in [9.17, 15) is 38.4 Å². The summed E-state index contributed by atoms with van der Waals surface area (Å²) in [5.41, 5.74) is 3.43. The van der Waals surface area contributed by atoms with E-state index in [1.165, 1.54) is 12.2 Å². The van der Waals surface area contributed by atoms with Gasteiger partial charge in [0, 0.05) is 12.7 Å². The summed E-state index contributed by atoms with van der Waals surface area (Å²) in [6.07, 6.45) is -3.19. The van der Waals surface area contributed by atoms with Gasteiger partial charge in [-0.3, -0.25) is 18.9 Å². The van der Waals surface area contributed by atoms with Gasteiger partial charge in [-0.05, 0) is 0 Å². The second-order valence-electron chi connectivity index (χ2n) is 6.32. The molecule has 21 heteroatoms. The number of hydrogen-bond acceptors (Lipinski definition) is 12. The molecule has 2 rings (SSSR count). The molecule has 188 valence electrons. The Kier molecular flexibility index (Phi) is 8.89. The highest BCUT2D eigenvalue weighted by Gasteiger charge is 2.46. The lowest BCUT2D eigenvalue weighted by Crippen LogP contribution is -2.38. The Hall–Kier alpha value is -1.33. The zero-order valence-electron chi connectivity index (χ0n) is 16.2. The maximum Gasteiger partial charge on any atom is 0.490 e. The highest BCUT2D eigenvalue weighted by atomic mass is 31.3. The summed E-state index contributed by atoms with van der Waals surface area (Å²) >= 11 is 0. The van der Waals surface area contributed by atoms with Crippen LogP contribution in [0.15, 0.2) is 21.9 Å². The molecule has 1 aromatic heterocycles. The lowest BCUT2D eigenvalue weighted by atomic mass is 10.1. The van der Waals surface area contributed by atoms with Crippen molar-refractivity contribution in [2.75, 3.05) is 13.2 Å². The second kappa shape index (κ2) is 10.5. The van der Waals surface area contributed by atoms with Crippen LogP contribution in [0.4, 0.5) is 0 Å². The Balaban J connectivity index is 2.15. The van der Waals surface area contributed by atoms with Crippen LogP contribution in [0.1, 0.15) is 11.8 Å². The number of aliphatic hydroxyl groups is 2. The smallest absolute Gasteiger partial charge is 0.387 e. The van der Waals surface area contributed by atoms with Crippen molar-refractivity contribution in [2.45, 2.75) is 24.5 Å². The number of rotatable bonds is 10. The number of aromatic nitrogens is 2. The van der Waals surface area contributed by atoms with Gasteiger partial charge in [0.15, 0.2) is 6.23 Å². The maximum absolute atomic E-state index is 12.1. The summed E-state index contributed by atoms with van der Waals surface area (Å²) in [4.78, 5) is 61.4. The SMILES string of the molecule is NC/C=C/c1cn(C2OC(COP(=O)(O)OP(=O)(O)OP(=O)(O)O)C(O)C2O)c(=O)[nH]c1=O. The molecule has 6 atom stereocenters. The molecule has 1 aliphatic heterocycles. The Morgan fingerprint density at radius 2 is 1.73 bits per heavy atom. The van der Waals surface area contributed by atoms with Gasteiger partial charge in [-0.15, -0.1) is 0 Å². The molecule has 6 unspecified atom stereocenters. The summed E-state index contributed by atoms with van der Waals surface area (Å²) in [7, 11) is -16.9. The number of aliphatic hydroxyl groups excluding tert-OH is 2. The van der Waals surface area contributed by atoms with Gasteiger partial charge in [-0.2, -0.15) is 8.62 Å². The molecule has 0 aromatic carbocycles. The van der Waals surface area contributed by atoms with Crippen molar-refractivity contribution >= 4 is 29.5 Å². The molecule has 0 bridgehead atoms. The molecule has 0 aliphatic carbocycles. The van der Waals surface area contributed by atoms with Gasteiger partial charge in [0.05, 0.1) is 12.2 Å². The minimum Gasteiger partial charge on any atom is -0.387 e. The molecule has 9 N–H and O–H groups in total. The number of hydrogen-bond donors (Lipinski definition) is 8. The molecular weight excluding hydrogens is 519 g/mol. The zero-order valence-corrected chi connectivity index (χ0v) is 18.9. The molecule has 0 amide bonds. The molecular formula is C12H20N3O15P3. The first-order chi connectivity index (χ1) is 15.1. The van der Waals surface area contributed by atoms with E-state index in [2.05, 4.69) is 13.1 Å². The highest BCUT2D eigenvalue weighted by molar-refractivity contribution is 7.66. The summed E-state index contributed by atoms with van der Waals surface area (Å²) in [5.74, 6) is 0. The van der Waals surface area contributed by atoms with Gasteiger partial charge in [-0.25, -0.2) is 18.5 Å². The van der Waals surface area contributed by atoms with E-state index >= 15 is 0 Å². The predicted octanol–water partition coefficient (Wildman–Crippen LogP) is -2.53. The van der Waals surface area contributed by atoms with Crippen molar-refractivity contribution in [2.24, 2.45) is 5.73 Å². The van der Waals surface area contributed by atoms with E-state index in [1.54, 1.807) is 0 Å². The quantitative estimate of drug-likeness (QED) is 0.142. The predicted molar refractivity (Wildman–Crippen MR) is 105 cm³/mol. The Morgan fingerprint density at radius 3 is 2.30 bits per heavy atom. The molecule has 1 fully saturated rings. The van der Waals surface area contributed by atoms with Crippen LogP contribution in [0.2, 0.25) is 0 Å². The first kappa shape index (κ1) is 27.9. The minimum atomic E-state index is -5.76. The molecule has 33 heavy (non-hydrogen) atoms. The summed E-state index contributed by atoms with van der Waals surface area (Å²) in [6.45, 7) is -1.00. The largest absolute Gasteiger partial charge is 0.490 e. The Labute approximate surface area is 183 Å². The lowest BCUT2D eigenvalue weighted by Gasteiger charge is -2.19. The number of aromatic amines is 1. The fourth-order valence-electron chi connectivity index (χ4n) is 2.57. The fourth-order valence-corrected chi connectivity index (χ4v) is 5.60. The van der Waals surface area contributed by atoms with Gasteiger partial charge < -0.3 is 40.3 Å². The maximum atomic E-state index is 12.1. The summed E-state index contributed by atoms with van der Waals surface area (Å²) in [5, 5.41) is 20.3. The number of nitrogens with zero attached hydrogens (tertiary/aromatic N) is 1. The average molecular weight is 539 g/mol. The van der Waals surface area contributed by atoms with Crippen LogP contribution in [0.5, 0.6) is 0 Å². The van der Waals surface area contributed by atoms with E-state index in [-0.39, 0.29) is 12.1 Å². The third-order valence-corrected chi connectivity index (χ3v) is 7.66. The summed E-state index contributed by atoms with van der Waals surface area (Å²) in [6, 6.07) is 0. The van der Waals surface area contributed by atoms with Crippen LogP contribution < -0.4 is 17.0 Å². The second-order valence-corrected chi connectivity index (χ2v) is 10.7. The van der Waals surface area contributed by atoms with Crippen molar-refractivity contribution in [1.29, 1.82) is 0 Å². The van der Waals surface area contributed by atoms with Gasteiger partial charge in [0.1, 0.15) is 18.3 Å². The molecule has 1 aliphatic rings. The Morgan fingerprint density at radius 1 is 1.09 bits per heavy atom. The highest BCUT2D eigenvalue weighted by Crippen LogP contribution is 2.66. The van der Waals surface area contributed by atoms with Crippen molar-refractivity contribution in [1.82, 2.24) is 9.55 Å². The first-order valence-corrected chi connectivity index (χ1v) is 13.1. The van der Waals surface area contributed by atoms with Crippen LogP contribution in [0.25, 0.3) is 6.08 Å². The molecule has 0 radical (unpaired) electrons. The Bertz CT molecular complexity index is 1140.